The van der Waals surface area contributed by atoms with E-state index in [1.165, 1.54) is 5.56 Å². The van der Waals surface area contributed by atoms with Crippen molar-refractivity contribution in [1.82, 2.24) is 4.57 Å². The van der Waals surface area contributed by atoms with Crippen molar-refractivity contribution in [3.8, 4) is 11.5 Å². The fourth-order valence-corrected chi connectivity index (χ4v) is 1.87. The molecule has 104 valence electrons. The lowest BCUT2D eigenvalue weighted by atomic mass is 10.2. The first-order valence-corrected chi connectivity index (χ1v) is 6.54. The molecule has 0 fully saturated rings. The normalized spacial score (nSPS) is 10.0. The van der Waals surface area contributed by atoms with Gasteiger partial charge in [0.05, 0.1) is 12.4 Å². The summed E-state index contributed by atoms with van der Waals surface area (Å²) in [6.45, 7) is 9.00. The highest BCUT2D eigenvalue weighted by atomic mass is 16.5. The molecule has 20 heavy (non-hydrogen) atoms. The van der Waals surface area contributed by atoms with Gasteiger partial charge in [0.2, 0.25) is 0 Å². The molecule has 0 aliphatic rings. The van der Waals surface area contributed by atoms with Gasteiger partial charge in [0.25, 0.3) is 0 Å². The van der Waals surface area contributed by atoms with E-state index in [-0.39, 0.29) is 0 Å². The van der Waals surface area contributed by atoms with Gasteiger partial charge in [-0.1, -0.05) is 55.6 Å². The van der Waals surface area contributed by atoms with Gasteiger partial charge in [-0.2, -0.15) is 0 Å². The number of hydrogen-bond acceptors (Lipinski definition) is 2. The van der Waals surface area contributed by atoms with Gasteiger partial charge in [0, 0.05) is 6.54 Å². The number of aromatic nitrogens is 1. The second-order valence-electron chi connectivity index (χ2n) is 4.34. The summed E-state index contributed by atoms with van der Waals surface area (Å²) in [7, 11) is 0. The third-order valence-electron chi connectivity index (χ3n) is 2.73. The fraction of sp³-hybridized carbons (Fsp3) is 0.176. The molecule has 3 nitrogen and oxygen atoms in total. The first-order valence-electron chi connectivity index (χ1n) is 6.54. The summed E-state index contributed by atoms with van der Waals surface area (Å²) in [6.07, 6.45) is 7.31. The van der Waals surface area contributed by atoms with Gasteiger partial charge in [0.1, 0.15) is 13.2 Å². The van der Waals surface area contributed by atoms with Crippen LogP contribution in [0.4, 0.5) is 0 Å². The molecular formula is C17H19NO2. The molecular weight excluding hydrogens is 250 g/mol. The minimum atomic E-state index is 0.458. The quantitative estimate of drug-likeness (QED) is 0.683. The van der Waals surface area contributed by atoms with Crippen LogP contribution < -0.4 is 9.47 Å². The summed E-state index contributed by atoms with van der Waals surface area (Å²) in [5, 5.41) is 0. The smallest absolute Gasteiger partial charge is 0.179 e. The Labute approximate surface area is 119 Å². The zero-order valence-corrected chi connectivity index (χ0v) is 11.5. The molecule has 1 aromatic heterocycles. The van der Waals surface area contributed by atoms with Gasteiger partial charge in [-0.05, 0) is 5.56 Å². The lowest BCUT2D eigenvalue weighted by molar-refractivity contribution is 0.311. The van der Waals surface area contributed by atoms with Crippen molar-refractivity contribution >= 4 is 0 Å². The van der Waals surface area contributed by atoms with Crippen LogP contribution in [-0.2, 0) is 6.54 Å². The van der Waals surface area contributed by atoms with E-state index >= 15 is 0 Å². The topological polar surface area (TPSA) is 23.4 Å². The van der Waals surface area contributed by atoms with Gasteiger partial charge in [0.15, 0.2) is 11.5 Å². The van der Waals surface area contributed by atoms with Crippen LogP contribution in [0.15, 0.2) is 68.0 Å². The van der Waals surface area contributed by atoms with Crippen LogP contribution in [0.1, 0.15) is 5.56 Å². The Morgan fingerprint density at radius 3 is 1.95 bits per heavy atom. The molecule has 0 saturated carbocycles. The number of hydrogen-bond donors (Lipinski definition) is 0. The van der Waals surface area contributed by atoms with Crippen LogP contribution in [0.3, 0.4) is 0 Å². The molecule has 3 heteroatoms. The van der Waals surface area contributed by atoms with E-state index in [4.69, 9.17) is 9.47 Å². The molecule has 2 rings (SSSR count). The van der Waals surface area contributed by atoms with Gasteiger partial charge < -0.3 is 14.0 Å². The predicted molar refractivity (Wildman–Crippen MR) is 81.4 cm³/mol. The Morgan fingerprint density at radius 2 is 1.45 bits per heavy atom. The van der Waals surface area contributed by atoms with Crippen molar-refractivity contribution < 1.29 is 9.47 Å². The highest BCUT2D eigenvalue weighted by Crippen LogP contribution is 2.29. The SMILES string of the molecule is C=CCOc1cn(Cc2ccccc2)cc1OCC=C. The maximum atomic E-state index is 5.60. The summed E-state index contributed by atoms with van der Waals surface area (Å²) in [5.41, 5.74) is 1.23. The third kappa shape index (κ3) is 3.79. The molecule has 0 unspecified atom stereocenters. The summed E-state index contributed by atoms with van der Waals surface area (Å²) in [6, 6.07) is 10.3. The van der Waals surface area contributed by atoms with Crippen molar-refractivity contribution in [2.24, 2.45) is 0 Å². The highest BCUT2D eigenvalue weighted by molar-refractivity contribution is 5.38. The second-order valence-corrected chi connectivity index (χ2v) is 4.34. The Bertz CT molecular complexity index is 528. The van der Waals surface area contributed by atoms with Crippen LogP contribution in [0.25, 0.3) is 0 Å². The number of benzene rings is 1. The average molecular weight is 269 g/mol. The summed E-state index contributed by atoms with van der Waals surface area (Å²) >= 11 is 0. The minimum absolute atomic E-state index is 0.458. The fourth-order valence-electron chi connectivity index (χ4n) is 1.87. The monoisotopic (exact) mass is 269 g/mol. The van der Waals surface area contributed by atoms with E-state index in [1.807, 2.05) is 35.2 Å². The first kappa shape index (κ1) is 14.0. The zero-order chi connectivity index (χ0) is 14.2. The number of nitrogens with zero attached hydrogens (tertiary/aromatic N) is 1. The first-order chi connectivity index (χ1) is 9.83. The van der Waals surface area contributed by atoms with Gasteiger partial charge >= 0.3 is 0 Å². The minimum Gasteiger partial charge on any atom is -0.484 e. The maximum absolute atomic E-state index is 5.60. The largest absolute Gasteiger partial charge is 0.484 e. The van der Waals surface area contributed by atoms with E-state index in [0.29, 0.717) is 13.2 Å². The van der Waals surface area contributed by atoms with Crippen molar-refractivity contribution in [2.75, 3.05) is 13.2 Å². The summed E-state index contributed by atoms with van der Waals surface area (Å²) < 4.78 is 13.3. The standard InChI is InChI=1S/C17H19NO2/c1-3-10-19-16-13-18(14-17(16)20-11-4-2)12-15-8-6-5-7-9-15/h3-9,13-14H,1-2,10-12H2. The molecule has 1 aromatic carbocycles. The van der Waals surface area contributed by atoms with Gasteiger partial charge in [-0.15, -0.1) is 0 Å². The second kappa shape index (κ2) is 7.24. The Hall–Kier alpha value is -2.42. The number of ether oxygens (including phenoxy) is 2. The summed E-state index contributed by atoms with van der Waals surface area (Å²) in [5.74, 6) is 1.45. The van der Waals surface area contributed by atoms with Gasteiger partial charge in [-0.3, -0.25) is 0 Å². The molecule has 1 heterocycles. The lowest BCUT2D eigenvalue weighted by Crippen LogP contribution is -1.96. The predicted octanol–water partition coefficient (Wildman–Crippen LogP) is 3.67. The van der Waals surface area contributed by atoms with E-state index in [2.05, 4.69) is 25.3 Å². The molecule has 0 N–H and O–H groups in total. The van der Waals surface area contributed by atoms with E-state index in [1.54, 1.807) is 12.2 Å². The molecule has 0 spiro atoms. The van der Waals surface area contributed by atoms with Crippen LogP contribution >= 0.6 is 0 Å². The van der Waals surface area contributed by atoms with Crippen LogP contribution in [0.2, 0.25) is 0 Å². The Kier molecular flexibility index (Phi) is 5.07. The third-order valence-corrected chi connectivity index (χ3v) is 2.73. The van der Waals surface area contributed by atoms with Crippen molar-refractivity contribution in [3.63, 3.8) is 0 Å². The van der Waals surface area contributed by atoms with Crippen LogP contribution in [0.5, 0.6) is 11.5 Å². The molecule has 0 saturated heterocycles. The van der Waals surface area contributed by atoms with Crippen LogP contribution in [-0.4, -0.2) is 17.8 Å². The molecule has 0 aliphatic heterocycles. The molecule has 2 aromatic rings. The van der Waals surface area contributed by atoms with E-state index in [0.717, 1.165) is 18.0 Å². The average Bonchev–Trinajstić information content (AvgIpc) is 2.85. The van der Waals surface area contributed by atoms with Gasteiger partial charge in [-0.25, -0.2) is 0 Å². The molecule has 0 bridgehead atoms. The van der Waals surface area contributed by atoms with E-state index in [9.17, 15) is 0 Å². The van der Waals surface area contributed by atoms with Crippen molar-refractivity contribution in [1.29, 1.82) is 0 Å². The summed E-state index contributed by atoms with van der Waals surface area (Å²) in [4.78, 5) is 0. The zero-order valence-electron chi connectivity index (χ0n) is 11.5. The molecule has 0 radical (unpaired) electrons. The lowest BCUT2D eigenvalue weighted by Gasteiger charge is -2.04. The van der Waals surface area contributed by atoms with Crippen molar-refractivity contribution in [2.45, 2.75) is 6.54 Å². The molecule has 0 amide bonds. The maximum Gasteiger partial charge on any atom is 0.179 e. The highest BCUT2D eigenvalue weighted by Gasteiger charge is 2.09. The molecule has 0 aliphatic carbocycles. The number of rotatable bonds is 8. The molecule has 0 atom stereocenters. The van der Waals surface area contributed by atoms with E-state index < -0.39 is 0 Å². The Morgan fingerprint density at radius 1 is 0.900 bits per heavy atom. The Balaban J connectivity index is 2.14. The van der Waals surface area contributed by atoms with Crippen molar-refractivity contribution in [3.05, 3.63) is 73.6 Å². The van der Waals surface area contributed by atoms with Crippen LogP contribution in [0, 0.1) is 0 Å².